The van der Waals surface area contributed by atoms with Crippen LogP contribution < -0.4 is 0 Å². The van der Waals surface area contributed by atoms with Crippen LogP contribution in [0.4, 0.5) is 0 Å². The molecule has 15 rings (SSSR count). The molecule has 0 spiro atoms. The molecule has 0 saturated heterocycles. The molecule has 0 unspecified atom stereocenters. The topological polar surface area (TPSA) is 9.86 Å². The molecule has 0 saturated carbocycles. The summed E-state index contributed by atoms with van der Waals surface area (Å²) in [5.74, 6) is 0. The first-order valence-electron chi connectivity index (χ1n) is 24.9. The first-order chi connectivity index (χ1) is 35.7. The fourth-order valence-electron chi connectivity index (χ4n) is 12.1. The maximum absolute atomic E-state index is 2.46. The number of hydrogen-bond acceptors (Lipinski definition) is 0. The maximum atomic E-state index is 2.46. The summed E-state index contributed by atoms with van der Waals surface area (Å²) in [7, 11) is 0. The third kappa shape index (κ3) is 6.09. The number of hydrogen-bond donors (Lipinski definition) is 0. The molecule has 13 aromatic carbocycles. The molecule has 0 atom stereocenters. The minimum absolute atomic E-state index is 1.13. The molecular weight excluding hydrogens is 869 g/mol. The second-order valence-electron chi connectivity index (χ2n) is 19.1. The summed E-state index contributed by atoms with van der Waals surface area (Å²) in [5.41, 5.74) is 16.8. The standard InChI is InChI=1S/C70H44N2/c1-3-18-46(19-4-1)60-44-59(68(48-21-5-2-6-22-48)70-58-30-12-10-26-54(58)53-25-9-11-29-57(53)69(60)70)47-34-38-51(39-35-47)71-64-31-15-13-27-55(64)61-42-49(36-40-66(61)71)50-37-41-67-62(43-50)56-28-14-16-32-65(56)72(67)63-33-17-23-45-20-7-8-24-52(45)63/h1-44H. The monoisotopic (exact) mass is 912 g/mol. The number of para-hydroxylation sites is 2. The number of benzene rings is 13. The van der Waals surface area contributed by atoms with E-state index in [2.05, 4.69) is 276 Å². The van der Waals surface area contributed by atoms with E-state index in [9.17, 15) is 0 Å². The molecule has 0 radical (unpaired) electrons. The van der Waals surface area contributed by atoms with Gasteiger partial charge in [0.05, 0.1) is 27.8 Å². The number of nitrogens with zero attached hydrogens (tertiary/aromatic N) is 2. The van der Waals surface area contributed by atoms with Crippen LogP contribution in [0.2, 0.25) is 0 Å². The molecule has 15 aromatic rings. The Morgan fingerprint density at radius 3 is 1.31 bits per heavy atom. The van der Waals surface area contributed by atoms with E-state index in [0.29, 0.717) is 0 Å². The molecule has 0 fully saturated rings. The maximum Gasteiger partial charge on any atom is 0.0541 e. The van der Waals surface area contributed by atoms with Crippen LogP contribution in [0.15, 0.2) is 267 Å². The molecule has 0 aliphatic carbocycles. The summed E-state index contributed by atoms with van der Waals surface area (Å²) in [4.78, 5) is 0. The van der Waals surface area contributed by atoms with Gasteiger partial charge in [0, 0.05) is 32.6 Å². The van der Waals surface area contributed by atoms with Gasteiger partial charge in [0.1, 0.15) is 0 Å². The highest BCUT2D eigenvalue weighted by Crippen LogP contribution is 2.49. The van der Waals surface area contributed by atoms with Gasteiger partial charge in [-0.1, -0.05) is 206 Å². The van der Waals surface area contributed by atoms with Crippen molar-refractivity contribution in [3.63, 3.8) is 0 Å². The fourth-order valence-corrected chi connectivity index (χ4v) is 12.1. The van der Waals surface area contributed by atoms with Gasteiger partial charge in [-0.15, -0.1) is 0 Å². The first-order valence-corrected chi connectivity index (χ1v) is 24.9. The van der Waals surface area contributed by atoms with Crippen LogP contribution in [0, 0.1) is 0 Å². The molecule has 334 valence electrons. The number of rotatable bonds is 6. The molecule has 0 amide bonds. The van der Waals surface area contributed by atoms with Crippen LogP contribution in [0.5, 0.6) is 0 Å². The zero-order valence-corrected chi connectivity index (χ0v) is 39.3. The van der Waals surface area contributed by atoms with Gasteiger partial charge in [0.2, 0.25) is 0 Å². The summed E-state index contributed by atoms with van der Waals surface area (Å²) >= 11 is 0. The highest BCUT2D eigenvalue weighted by Gasteiger charge is 2.23. The van der Waals surface area contributed by atoms with E-state index in [0.717, 1.165) is 5.69 Å². The molecule has 2 heteroatoms. The highest BCUT2D eigenvalue weighted by atomic mass is 15.0. The van der Waals surface area contributed by atoms with Gasteiger partial charge in [-0.25, -0.2) is 0 Å². The number of aromatic nitrogens is 2. The van der Waals surface area contributed by atoms with Crippen molar-refractivity contribution in [1.29, 1.82) is 0 Å². The first kappa shape index (κ1) is 40.4. The van der Waals surface area contributed by atoms with Crippen molar-refractivity contribution in [2.75, 3.05) is 0 Å². The lowest BCUT2D eigenvalue weighted by Gasteiger charge is -2.22. The predicted octanol–water partition coefficient (Wildman–Crippen LogP) is 19.2. The van der Waals surface area contributed by atoms with Crippen LogP contribution in [-0.4, -0.2) is 9.13 Å². The van der Waals surface area contributed by atoms with Crippen molar-refractivity contribution in [3.8, 4) is 55.9 Å². The van der Waals surface area contributed by atoms with Gasteiger partial charge >= 0.3 is 0 Å². The summed E-state index contributed by atoms with van der Waals surface area (Å²) in [6.45, 7) is 0. The smallest absolute Gasteiger partial charge is 0.0541 e. The predicted molar refractivity (Wildman–Crippen MR) is 307 cm³/mol. The van der Waals surface area contributed by atoms with Crippen LogP contribution in [-0.2, 0) is 0 Å². The average molecular weight is 913 g/mol. The van der Waals surface area contributed by atoms with E-state index in [4.69, 9.17) is 0 Å². The second kappa shape index (κ2) is 16.0. The van der Waals surface area contributed by atoms with E-state index >= 15 is 0 Å². The second-order valence-corrected chi connectivity index (χ2v) is 19.1. The molecule has 2 nitrogen and oxygen atoms in total. The zero-order chi connectivity index (χ0) is 47.3. The van der Waals surface area contributed by atoms with Crippen molar-refractivity contribution in [3.05, 3.63) is 267 Å². The van der Waals surface area contributed by atoms with Gasteiger partial charge in [-0.2, -0.15) is 0 Å². The quantitative estimate of drug-likeness (QED) is 0.147. The van der Waals surface area contributed by atoms with Crippen molar-refractivity contribution < 1.29 is 0 Å². The van der Waals surface area contributed by atoms with Crippen molar-refractivity contribution in [2.45, 2.75) is 0 Å². The molecule has 0 aliphatic rings. The van der Waals surface area contributed by atoms with E-state index in [1.54, 1.807) is 0 Å². The molecule has 0 aliphatic heterocycles. The van der Waals surface area contributed by atoms with Gasteiger partial charge in [0.25, 0.3) is 0 Å². The van der Waals surface area contributed by atoms with E-state index < -0.39 is 0 Å². The Kier molecular flexibility index (Phi) is 8.99. The SMILES string of the molecule is c1ccc(-c2cc(-c3ccc(-n4c5ccccc5c5cc(-c6ccc7c(c6)c6ccccc6n7-c6cccc7ccccc67)ccc54)cc3)c(-c3ccccc3)c3c4ccccc4c4ccccc4c23)cc1. The highest BCUT2D eigenvalue weighted by molar-refractivity contribution is 6.33. The van der Waals surface area contributed by atoms with E-state index in [1.807, 2.05) is 0 Å². The lowest BCUT2D eigenvalue weighted by Crippen LogP contribution is -1.96. The van der Waals surface area contributed by atoms with Gasteiger partial charge in [0.15, 0.2) is 0 Å². The van der Waals surface area contributed by atoms with Crippen molar-refractivity contribution in [1.82, 2.24) is 9.13 Å². The van der Waals surface area contributed by atoms with Gasteiger partial charge in [-0.3, -0.25) is 0 Å². The molecule has 0 N–H and O–H groups in total. The number of fused-ring (bicyclic) bond motifs is 13. The molecular formula is C70H44N2. The minimum atomic E-state index is 1.13. The largest absolute Gasteiger partial charge is 0.309 e. The van der Waals surface area contributed by atoms with Crippen LogP contribution >= 0.6 is 0 Å². The van der Waals surface area contributed by atoms with Gasteiger partial charge < -0.3 is 9.13 Å². The summed E-state index contributed by atoms with van der Waals surface area (Å²) in [6, 6.07) is 98.6. The average Bonchev–Trinajstić information content (AvgIpc) is 3.97. The Balaban J connectivity index is 0.898. The molecule has 2 heterocycles. The zero-order valence-electron chi connectivity index (χ0n) is 39.3. The molecule has 0 bridgehead atoms. The normalized spacial score (nSPS) is 11.9. The summed E-state index contributed by atoms with van der Waals surface area (Å²) in [5, 5.41) is 15.1. The summed E-state index contributed by atoms with van der Waals surface area (Å²) < 4.78 is 4.88. The lowest BCUT2D eigenvalue weighted by atomic mass is 9.81. The minimum Gasteiger partial charge on any atom is -0.309 e. The Morgan fingerprint density at radius 1 is 0.222 bits per heavy atom. The Morgan fingerprint density at radius 2 is 0.667 bits per heavy atom. The van der Waals surface area contributed by atoms with E-state index in [1.165, 1.54) is 137 Å². The fraction of sp³-hybridized carbons (Fsp3) is 0. The lowest BCUT2D eigenvalue weighted by molar-refractivity contribution is 1.18. The third-order valence-corrected chi connectivity index (χ3v) is 15.3. The third-order valence-electron chi connectivity index (χ3n) is 15.3. The van der Waals surface area contributed by atoms with Crippen LogP contribution in [0.25, 0.3) is 143 Å². The Labute approximate surface area is 416 Å². The van der Waals surface area contributed by atoms with Gasteiger partial charge in [-0.05, 0) is 143 Å². The molecule has 72 heavy (non-hydrogen) atoms. The Hall–Kier alpha value is -9.50. The van der Waals surface area contributed by atoms with Crippen molar-refractivity contribution >= 4 is 86.7 Å². The van der Waals surface area contributed by atoms with Crippen LogP contribution in [0.1, 0.15) is 0 Å². The molecule has 2 aromatic heterocycles. The van der Waals surface area contributed by atoms with Crippen molar-refractivity contribution in [2.24, 2.45) is 0 Å². The Bertz CT molecular complexity index is 4650. The van der Waals surface area contributed by atoms with E-state index in [-0.39, 0.29) is 0 Å². The van der Waals surface area contributed by atoms with Crippen LogP contribution in [0.3, 0.4) is 0 Å². The summed E-state index contributed by atoms with van der Waals surface area (Å²) in [6.07, 6.45) is 0.